The molecule has 0 fully saturated rings. The van der Waals surface area contributed by atoms with Gasteiger partial charge in [-0.2, -0.15) is 4.57 Å². The van der Waals surface area contributed by atoms with Crippen LogP contribution < -0.4 is 15.0 Å². The molecule has 4 nitrogen and oxygen atoms in total. The predicted octanol–water partition coefficient (Wildman–Crippen LogP) is 2.42. The van der Waals surface area contributed by atoms with E-state index in [1.54, 1.807) is 77.6 Å². The van der Waals surface area contributed by atoms with Gasteiger partial charge in [-0.1, -0.05) is 66.8 Å². The molecule has 1 N–H and O–H groups in total. The number of nitrogens with zero attached hydrogens (tertiary/aromatic N) is 1. The number of carbonyl (C=O) groups is 1. The normalized spacial score (nSPS) is 11.4. The molecule has 26 heavy (non-hydrogen) atoms. The molecule has 3 rings (SSSR count). The van der Waals surface area contributed by atoms with Crippen molar-refractivity contribution in [2.75, 3.05) is 0 Å². The number of thiocarbonyl (C=S) groups is 1. The molecule has 0 unspecified atom stereocenters. The lowest BCUT2D eigenvalue weighted by Gasteiger charge is -2.16. The van der Waals surface area contributed by atoms with Crippen molar-refractivity contribution in [1.82, 2.24) is 5.32 Å². The molecule has 2 aromatic carbocycles. The summed E-state index contributed by atoms with van der Waals surface area (Å²) in [6.07, 6.45) is 3.44. The van der Waals surface area contributed by atoms with Gasteiger partial charge < -0.3 is 10.4 Å². The molecule has 0 aliphatic rings. The lowest BCUT2D eigenvalue weighted by molar-refractivity contribution is -0.577. The predicted molar refractivity (Wildman–Crippen MR) is 103 cm³/mol. The van der Waals surface area contributed by atoms with Crippen LogP contribution in [0.15, 0.2) is 91.3 Å². The van der Waals surface area contributed by atoms with Gasteiger partial charge in [-0.15, -0.1) is 0 Å². The smallest absolute Gasteiger partial charge is 0.256 e. The monoisotopic (exact) mass is 360 g/mol. The van der Waals surface area contributed by atoms with Crippen LogP contribution in [0.1, 0.15) is 15.9 Å². The first-order valence-corrected chi connectivity index (χ1v) is 8.42. The molecule has 0 spiro atoms. The minimum Gasteiger partial charge on any atom is -0.867 e. The van der Waals surface area contributed by atoms with Gasteiger partial charge in [-0.3, -0.25) is 4.79 Å². The lowest BCUT2D eigenvalue weighted by Crippen LogP contribution is -2.43. The van der Waals surface area contributed by atoms with Crippen molar-refractivity contribution >= 4 is 34.6 Å². The zero-order valence-corrected chi connectivity index (χ0v) is 14.6. The van der Waals surface area contributed by atoms with Gasteiger partial charge in [0.1, 0.15) is 0 Å². The SMILES string of the molecule is O=C(NC(=S)/C(=C(\[O-])c1ccccc1)[n+]1ccccc1)c1ccccc1. The number of hydrogen-bond acceptors (Lipinski definition) is 3. The van der Waals surface area contributed by atoms with Crippen LogP contribution in [-0.2, 0) is 0 Å². The summed E-state index contributed by atoms with van der Waals surface area (Å²) in [7, 11) is 0. The molecule has 0 aliphatic carbocycles. The van der Waals surface area contributed by atoms with Crippen molar-refractivity contribution < 1.29 is 14.5 Å². The van der Waals surface area contributed by atoms with Gasteiger partial charge in [-0.25, -0.2) is 0 Å². The third kappa shape index (κ3) is 4.02. The van der Waals surface area contributed by atoms with E-state index >= 15 is 0 Å². The van der Waals surface area contributed by atoms with Crippen molar-refractivity contribution in [3.63, 3.8) is 0 Å². The minimum absolute atomic E-state index is 0.0731. The molecule has 128 valence electrons. The van der Waals surface area contributed by atoms with Crippen LogP contribution in [0.4, 0.5) is 0 Å². The highest BCUT2D eigenvalue weighted by Crippen LogP contribution is 2.14. The second-order valence-corrected chi connectivity index (χ2v) is 5.88. The topological polar surface area (TPSA) is 56.0 Å². The van der Waals surface area contributed by atoms with E-state index in [9.17, 15) is 9.90 Å². The van der Waals surface area contributed by atoms with E-state index in [0.29, 0.717) is 11.1 Å². The Morgan fingerprint density at radius 2 is 1.31 bits per heavy atom. The van der Waals surface area contributed by atoms with Crippen molar-refractivity contribution in [3.05, 3.63) is 102 Å². The molecule has 0 saturated carbocycles. The van der Waals surface area contributed by atoms with Crippen molar-refractivity contribution in [3.8, 4) is 0 Å². The molecule has 1 amide bonds. The van der Waals surface area contributed by atoms with Gasteiger partial charge in [0.25, 0.3) is 5.91 Å². The maximum absolute atomic E-state index is 13.0. The van der Waals surface area contributed by atoms with E-state index in [0.717, 1.165) is 0 Å². The van der Waals surface area contributed by atoms with Crippen molar-refractivity contribution in [2.45, 2.75) is 0 Å². The molecule has 1 aromatic heterocycles. The highest BCUT2D eigenvalue weighted by molar-refractivity contribution is 7.81. The second kappa shape index (κ2) is 8.18. The Labute approximate surface area is 157 Å². The summed E-state index contributed by atoms with van der Waals surface area (Å²) in [5.74, 6) is -0.620. The number of rotatable bonds is 4. The summed E-state index contributed by atoms with van der Waals surface area (Å²) in [4.78, 5) is 12.5. The largest absolute Gasteiger partial charge is 0.867 e. The molecular formula is C21H16N2O2S. The van der Waals surface area contributed by atoms with Gasteiger partial charge in [0, 0.05) is 17.7 Å². The molecule has 0 radical (unpaired) electrons. The molecular weight excluding hydrogens is 344 g/mol. The fourth-order valence-electron chi connectivity index (χ4n) is 2.44. The van der Waals surface area contributed by atoms with E-state index in [4.69, 9.17) is 12.2 Å². The van der Waals surface area contributed by atoms with Gasteiger partial charge in [-0.05, 0) is 23.5 Å². The first-order valence-electron chi connectivity index (χ1n) is 8.01. The number of amides is 1. The molecule has 0 aliphatic heterocycles. The summed E-state index contributed by atoms with van der Waals surface area (Å²) >= 11 is 5.40. The standard InChI is InChI=1S/C21H16N2O2S/c24-19(16-10-4-1-5-11-16)18(23-14-8-3-9-15-23)21(26)22-20(25)17-12-6-2-7-13-17/h1-15H,(H-,22,24,25,26). The molecule has 5 heteroatoms. The van der Waals surface area contributed by atoms with Crippen LogP contribution in [0.3, 0.4) is 0 Å². The highest BCUT2D eigenvalue weighted by atomic mass is 32.1. The molecule has 0 atom stereocenters. The number of pyridine rings is 1. The van der Waals surface area contributed by atoms with Crippen molar-refractivity contribution in [1.29, 1.82) is 0 Å². The van der Waals surface area contributed by atoms with Gasteiger partial charge in [0.05, 0.1) is 0 Å². The van der Waals surface area contributed by atoms with Crippen molar-refractivity contribution in [2.24, 2.45) is 0 Å². The number of nitrogens with one attached hydrogen (secondary N) is 1. The Bertz CT molecular complexity index is 940. The van der Waals surface area contributed by atoms with Crippen LogP contribution in [0.2, 0.25) is 0 Å². The first-order chi connectivity index (χ1) is 12.7. The fraction of sp³-hybridized carbons (Fsp3) is 0. The zero-order valence-electron chi connectivity index (χ0n) is 13.8. The summed E-state index contributed by atoms with van der Waals surface area (Å²) in [6, 6.07) is 23.0. The zero-order chi connectivity index (χ0) is 18.4. The average Bonchev–Trinajstić information content (AvgIpc) is 2.70. The van der Waals surface area contributed by atoms with Crippen LogP contribution in [0.25, 0.3) is 11.5 Å². The number of aromatic nitrogens is 1. The Balaban J connectivity index is 1.99. The lowest BCUT2D eigenvalue weighted by atomic mass is 10.1. The number of benzene rings is 2. The van der Waals surface area contributed by atoms with E-state index in [1.165, 1.54) is 0 Å². The molecule has 3 aromatic rings. The number of carbonyl (C=O) groups excluding carboxylic acids is 1. The molecule has 0 bridgehead atoms. The average molecular weight is 360 g/mol. The number of hydrogen-bond donors (Lipinski definition) is 1. The Kier molecular flexibility index (Phi) is 5.51. The van der Waals surface area contributed by atoms with Gasteiger partial charge >= 0.3 is 0 Å². The highest BCUT2D eigenvalue weighted by Gasteiger charge is 2.20. The van der Waals surface area contributed by atoms with E-state index < -0.39 is 0 Å². The summed E-state index contributed by atoms with van der Waals surface area (Å²) in [5, 5.41) is 15.7. The van der Waals surface area contributed by atoms with Gasteiger partial charge in [0.15, 0.2) is 17.4 Å². The maximum atomic E-state index is 13.0. The second-order valence-electron chi connectivity index (χ2n) is 5.48. The molecule has 0 saturated heterocycles. The third-order valence-corrected chi connectivity index (χ3v) is 4.00. The Hall–Kier alpha value is -3.31. The Morgan fingerprint density at radius 3 is 1.88 bits per heavy atom. The minimum atomic E-state index is -0.356. The van der Waals surface area contributed by atoms with E-state index in [-0.39, 0.29) is 22.4 Å². The van der Waals surface area contributed by atoms with Crippen LogP contribution >= 0.6 is 12.2 Å². The van der Waals surface area contributed by atoms with Crippen LogP contribution in [0.5, 0.6) is 0 Å². The fourth-order valence-corrected chi connectivity index (χ4v) is 2.73. The molecule has 1 heterocycles. The van der Waals surface area contributed by atoms with Crippen LogP contribution in [0, 0.1) is 0 Å². The maximum Gasteiger partial charge on any atom is 0.256 e. The summed E-state index contributed by atoms with van der Waals surface area (Å²) in [5.41, 5.74) is 1.19. The van der Waals surface area contributed by atoms with E-state index in [1.807, 2.05) is 18.2 Å². The quantitative estimate of drug-likeness (QED) is 0.336. The van der Waals surface area contributed by atoms with Gasteiger partial charge in [0.2, 0.25) is 5.70 Å². The third-order valence-electron chi connectivity index (χ3n) is 3.70. The Morgan fingerprint density at radius 1 is 0.808 bits per heavy atom. The summed E-state index contributed by atoms with van der Waals surface area (Å²) < 4.78 is 1.61. The van der Waals surface area contributed by atoms with E-state index in [2.05, 4.69) is 5.32 Å². The summed E-state index contributed by atoms with van der Waals surface area (Å²) in [6.45, 7) is 0. The first kappa shape index (κ1) is 17.5. The van der Waals surface area contributed by atoms with Crippen LogP contribution in [-0.4, -0.2) is 10.9 Å².